The fraction of sp³-hybridized carbons (Fsp3) is 0.526. The average molecular weight is 427 g/mol. The monoisotopic (exact) mass is 426 g/mol. The van der Waals surface area contributed by atoms with Crippen LogP contribution in [0.1, 0.15) is 36.5 Å². The molecule has 7 nitrogen and oxygen atoms in total. The van der Waals surface area contributed by atoms with E-state index in [1.807, 2.05) is 0 Å². The van der Waals surface area contributed by atoms with Crippen molar-refractivity contribution in [3.63, 3.8) is 0 Å². The zero-order valence-corrected chi connectivity index (χ0v) is 17.1. The molecule has 0 spiro atoms. The molecule has 0 unspecified atom stereocenters. The minimum Gasteiger partial charge on any atom is -0.434 e. The number of hydrogen-bond acceptors (Lipinski definition) is 4. The maximum atomic E-state index is 12.6. The summed E-state index contributed by atoms with van der Waals surface area (Å²) in [5, 5.41) is 15.4. The molecular weight excluding hydrogens is 402 g/mol. The SMILES string of the molecule is CN=C(NCCc1nnc2n1CCCCC2)NCc1cc(Cl)ccc1OC(F)F. The Balaban J connectivity index is 1.53. The molecule has 0 fully saturated rings. The van der Waals surface area contributed by atoms with Crippen LogP contribution in [0.2, 0.25) is 5.02 Å². The summed E-state index contributed by atoms with van der Waals surface area (Å²) >= 11 is 5.98. The lowest BCUT2D eigenvalue weighted by Crippen LogP contribution is -2.38. The van der Waals surface area contributed by atoms with Gasteiger partial charge < -0.3 is 19.9 Å². The fourth-order valence-corrected chi connectivity index (χ4v) is 3.51. The van der Waals surface area contributed by atoms with Crippen LogP contribution in [0.15, 0.2) is 23.2 Å². The Morgan fingerprint density at radius 1 is 1.28 bits per heavy atom. The summed E-state index contributed by atoms with van der Waals surface area (Å²) in [5.41, 5.74) is 0.517. The second-order valence-corrected chi connectivity index (χ2v) is 7.16. The van der Waals surface area contributed by atoms with E-state index >= 15 is 0 Å². The molecule has 0 bridgehead atoms. The highest BCUT2D eigenvalue weighted by atomic mass is 35.5. The molecule has 0 saturated heterocycles. The van der Waals surface area contributed by atoms with Gasteiger partial charge in [-0.15, -0.1) is 10.2 Å². The molecule has 0 radical (unpaired) electrons. The summed E-state index contributed by atoms with van der Waals surface area (Å²) in [7, 11) is 1.65. The van der Waals surface area contributed by atoms with Crippen molar-refractivity contribution >= 4 is 17.6 Å². The predicted octanol–water partition coefficient (Wildman–Crippen LogP) is 3.17. The van der Waals surface area contributed by atoms with Gasteiger partial charge in [0.25, 0.3) is 0 Å². The number of guanidine groups is 1. The van der Waals surface area contributed by atoms with Gasteiger partial charge in [0.15, 0.2) is 5.96 Å². The van der Waals surface area contributed by atoms with Crippen molar-refractivity contribution in [2.75, 3.05) is 13.6 Å². The number of hydrogen-bond donors (Lipinski definition) is 2. The zero-order valence-electron chi connectivity index (χ0n) is 16.3. The minimum absolute atomic E-state index is 0.0819. The van der Waals surface area contributed by atoms with E-state index in [-0.39, 0.29) is 12.3 Å². The average Bonchev–Trinajstić information content (AvgIpc) is 2.92. The predicted molar refractivity (Wildman–Crippen MR) is 108 cm³/mol. The smallest absolute Gasteiger partial charge is 0.387 e. The van der Waals surface area contributed by atoms with Crippen molar-refractivity contribution in [2.45, 2.75) is 51.8 Å². The van der Waals surface area contributed by atoms with Crippen LogP contribution in [0.25, 0.3) is 0 Å². The Labute approximate surface area is 173 Å². The molecule has 0 amide bonds. The number of alkyl halides is 2. The summed E-state index contributed by atoms with van der Waals surface area (Å²) in [6, 6.07) is 4.53. The second kappa shape index (κ2) is 10.4. The van der Waals surface area contributed by atoms with Gasteiger partial charge in [-0.25, -0.2) is 0 Å². The first-order chi connectivity index (χ1) is 14.1. The Kier molecular flexibility index (Phi) is 7.62. The highest BCUT2D eigenvalue weighted by Gasteiger charge is 2.15. The van der Waals surface area contributed by atoms with E-state index in [0.29, 0.717) is 29.5 Å². The van der Waals surface area contributed by atoms with E-state index in [1.54, 1.807) is 13.1 Å². The van der Waals surface area contributed by atoms with E-state index in [2.05, 4.69) is 35.1 Å². The summed E-state index contributed by atoms with van der Waals surface area (Å²) in [5.74, 6) is 2.65. The Bertz CT molecular complexity index is 842. The van der Waals surface area contributed by atoms with Gasteiger partial charge in [0.2, 0.25) is 0 Å². The molecule has 1 aliphatic heterocycles. The third kappa shape index (κ3) is 6.03. The number of nitrogens with one attached hydrogen (secondary N) is 2. The number of nitrogens with zero attached hydrogens (tertiary/aromatic N) is 4. The van der Waals surface area contributed by atoms with E-state index in [0.717, 1.165) is 37.5 Å². The van der Waals surface area contributed by atoms with Crippen LogP contribution in [0.5, 0.6) is 5.75 Å². The Morgan fingerprint density at radius 2 is 2.14 bits per heavy atom. The minimum atomic E-state index is -2.90. The lowest BCUT2D eigenvalue weighted by Gasteiger charge is -2.15. The van der Waals surface area contributed by atoms with Gasteiger partial charge >= 0.3 is 6.61 Å². The van der Waals surface area contributed by atoms with Crippen molar-refractivity contribution in [3.05, 3.63) is 40.4 Å². The fourth-order valence-electron chi connectivity index (χ4n) is 3.32. The van der Waals surface area contributed by atoms with E-state index in [9.17, 15) is 8.78 Å². The van der Waals surface area contributed by atoms with Crippen LogP contribution in [-0.4, -0.2) is 40.9 Å². The lowest BCUT2D eigenvalue weighted by molar-refractivity contribution is -0.0504. The van der Waals surface area contributed by atoms with Gasteiger partial charge in [0, 0.05) is 50.1 Å². The lowest BCUT2D eigenvalue weighted by atomic mass is 10.2. The molecule has 2 heterocycles. The number of aromatic nitrogens is 3. The summed E-state index contributed by atoms with van der Waals surface area (Å²) in [6.45, 7) is -1.08. The maximum Gasteiger partial charge on any atom is 0.387 e. The Hall–Kier alpha value is -2.42. The standard InChI is InChI=1S/C19H25ClF2N6O/c1-23-19(25-12-13-11-14(20)6-7-15(13)29-18(21)22)24-9-8-17-27-26-16-5-3-2-4-10-28(16)17/h6-7,11,18H,2-5,8-10,12H2,1H3,(H2,23,24,25). The number of halogens is 3. The third-order valence-electron chi connectivity index (χ3n) is 4.74. The number of aryl methyl sites for hydroxylation is 1. The number of ether oxygens (including phenoxy) is 1. The summed E-state index contributed by atoms with van der Waals surface area (Å²) in [4.78, 5) is 4.17. The normalized spacial score (nSPS) is 14.4. The first-order valence-corrected chi connectivity index (χ1v) is 10.0. The number of aliphatic imine (C=N–C) groups is 1. The van der Waals surface area contributed by atoms with Gasteiger partial charge in [0.1, 0.15) is 17.4 Å². The van der Waals surface area contributed by atoms with Crippen LogP contribution >= 0.6 is 11.6 Å². The molecule has 1 aromatic carbocycles. The quantitative estimate of drug-likeness (QED) is 0.525. The number of benzene rings is 1. The molecule has 2 aromatic rings. The summed E-state index contributed by atoms with van der Waals surface area (Å²) < 4.78 is 31.9. The first kappa shape index (κ1) is 21.3. The molecule has 0 atom stereocenters. The van der Waals surface area contributed by atoms with Crippen LogP contribution < -0.4 is 15.4 Å². The molecule has 10 heteroatoms. The highest BCUT2D eigenvalue weighted by molar-refractivity contribution is 6.30. The van der Waals surface area contributed by atoms with E-state index in [4.69, 9.17) is 11.6 Å². The van der Waals surface area contributed by atoms with Crippen molar-refractivity contribution in [2.24, 2.45) is 4.99 Å². The number of rotatable bonds is 7. The highest BCUT2D eigenvalue weighted by Crippen LogP contribution is 2.24. The van der Waals surface area contributed by atoms with Crippen LogP contribution in [0, 0.1) is 0 Å². The van der Waals surface area contributed by atoms with E-state index < -0.39 is 6.61 Å². The molecule has 0 saturated carbocycles. The molecule has 1 aromatic heterocycles. The maximum absolute atomic E-state index is 12.6. The third-order valence-corrected chi connectivity index (χ3v) is 4.97. The summed E-state index contributed by atoms with van der Waals surface area (Å²) in [6.07, 6.45) is 5.22. The van der Waals surface area contributed by atoms with Crippen LogP contribution in [0.4, 0.5) is 8.78 Å². The van der Waals surface area contributed by atoms with E-state index in [1.165, 1.54) is 18.6 Å². The Morgan fingerprint density at radius 3 is 2.93 bits per heavy atom. The van der Waals surface area contributed by atoms with Gasteiger partial charge in [0.05, 0.1) is 0 Å². The first-order valence-electron chi connectivity index (χ1n) is 9.65. The van der Waals surface area contributed by atoms with Crippen molar-refractivity contribution in [1.29, 1.82) is 0 Å². The van der Waals surface area contributed by atoms with Crippen molar-refractivity contribution in [1.82, 2.24) is 25.4 Å². The molecule has 29 heavy (non-hydrogen) atoms. The topological polar surface area (TPSA) is 76.4 Å². The van der Waals surface area contributed by atoms with Gasteiger partial charge in [-0.3, -0.25) is 4.99 Å². The zero-order chi connectivity index (χ0) is 20.6. The van der Waals surface area contributed by atoms with Gasteiger partial charge in [-0.1, -0.05) is 18.0 Å². The molecule has 3 rings (SSSR count). The largest absolute Gasteiger partial charge is 0.434 e. The van der Waals surface area contributed by atoms with Crippen LogP contribution in [0.3, 0.4) is 0 Å². The van der Waals surface area contributed by atoms with Gasteiger partial charge in [-0.05, 0) is 31.0 Å². The van der Waals surface area contributed by atoms with Crippen molar-refractivity contribution in [3.8, 4) is 5.75 Å². The molecule has 2 N–H and O–H groups in total. The molecular formula is C19H25ClF2N6O. The molecule has 1 aliphatic rings. The number of fused-ring (bicyclic) bond motifs is 1. The molecule has 158 valence electrons. The van der Waals surface area contributed by atoms with Crippen molar-refractivity contribution < 1.29 is 13.5 Å². The second-order valence-electron chi connectivity index (χ2n) is 6.73. The molecule has 0 aliphatic carbocycles. The van der Waals surface area contributed by atoms with Crippen LogP contribution in [-0.2, 0) is 25.9 Å². The van der Waals surface area contributed by atoms with Gasteiger partial charge in [-0.2, -0.15) is 8.78 Å².